The number of hydrogen-bond donors (Lipinski definition) is 1. The SMILES string of the molecule is CCC1CN(c2ncc(C(=O)O)c(C)n2)CCO1. The van der Waals surface area contributed by atoms with Crippen molar-refractivity contribution in [2.24, 2.45) is 0 Å². The van der Waals surface area contributed by atoms with Crippen molar-refractivity contribution in [2.75, 3.05) is 24.6 Å². The molecule has 18 heavy (non-hydrogen) atoms. The van der Waals surface area contributed by atoms with Crippen LogP contribution >= 0.6 is 0 Å². The maximum Gasteiger partial charge on any atom is 0.339 e. The predicted molar refractivity (Wildman–Crippen MR) is 66.0 cm³/mol. The largest absolute Gasteiger partial charge is 0.478 e. The van der Waals surface area contributed by atoms with Gasteiger partial charge in [-0.25, -0.2) is 14.8 Å². The van der Waals surface area contributed by atoms with E-state index >= 15 is 0 Å². The van der Waals surface area contributed by atoms with E-state index in [1.807, 2.05) is 4.90 Å². The van der Waals surface area contributed by atoms with Crippen molar-refractivity contribution < 1.29 is 14.6 Å². The summed E-state index contributed by atoms with van der Waals surface area (Å²) < 4.78 is 5.58. The lowest BCUT2D eigenvalue weighted by atomic mass is 10.2. The van der Waals surface area contributed by atoms with Crippen molar-refractivity contribution in [1.82, 2.24) is 9.97 Å². The molecule has 0 radical (unpaired) electrons. The molecule has 1 aromatic heterocycles. The molecule has 1 unspecified atom stereocenters. The number of aromatic carboxylic acids is 1. The minimum absolute atomic E-state index is 0.152. The molecule has 2 rings (SSSR count). The Labute approximate surface area is 106 Å². The predicted octanol–water partition coefficient (Wildman–Crippen LogP) is 1.10. The van der Waals surface area contributed by atoms with Crippen LogP contribution in [0.4, 0.5) is 5.95 Å². The second kappa shape index (κ2) is 5.30. The summed E-state index contributed by atoms with van der Waals surface area (Å²) in [5.41, 5.74) is 0.645. The summed E-state index contributed by atoms with van der Waals surface area (Å²) in [5, 5.41) is 8.93. The summed E-state index contributed by atoms with van der Waals surface area (Å²) in [5.74, 6) is -0.410. The van der Waals surface area contributed by atoms with Crippen LogP contribution in [-0.4, -0.2) is 46.8 Å². The molecule has 0 spiro atoms. The van der Waals surface area contributed by atoms with Gasteiger partial charge in [-0.1, -0.05) is 6.92 Å². The summed E-state index contributed by atoms with van der Waals surface area (Å²) in [7, 11) is 0. The molecule has 6 nitrogen and oxygen atoms in total. The van der Waals surface area contributed by atoms with Crippen LogP contribution in [0.25, 0.3) is 0 Å². The first-order chi connectivity index (χ1) is 8.61. The fourth-order valence-corrected chi connectivity index (χ4v) is 1.97. The standard InChI is InChI=1S/C12H17N3O3/c1-3-9-7-15(4-5-18-9)12-13-6-10(11(16)17)8(2)14-12/h6,9H,3-5,7H2,1-2H3,(H,16,17). The normalized spacial score (nSPS) is 19.9. The summed E-state index contributed by atoms with van der Waals surface area (Å²) in [6, 6.07) is 0. The second-order valence-electron chi connectivity index (χ2n) is 4.32. The van der Waals surface area contributed by atoms with Gasteiger partial charge < -0.3 is 14.7 Å². The molecule has 1 aromatic rings. The molecule has 6 heteroatoms. The zero-order valence-corrected chi connectivity index (χ0v) is 10.6. The number of carboxylic acid groups (broad SMARTS) is 1. The molecule has 0 aliphatic carbocycles. The third-order valence-electron chi connectivity index (χ3n) is 3.07. The van der Waals surface area contributed by atoms with Crippen LogP contribution < -0.4 is 4.90 Å². The van der Waals surface area contributed by atoms with Crippen molar-refractivity contribution in [3.05, 3.63) is 17.5 Å². The lowest BCUT2D eigenvalue weighted by molar-refractivity contribution is 0.0378. The van der Waals surface area contributed by atoms with E-state index in [1.54, 1.807) is 6.92 Å². The van der Waals surface area contributed by atoms with E-state index in [-0.39, 0.29) is 11.7 Å². The molecule has 1 atom stereocenters. The molecule has 1 saturated heterocycles. The van der Waals surface area contributed by atoms with Gasteiger partial charge in [-0.3, -0.25) is 0 Å². The number of nitrogens with zero attached hydrogens (tertiary/aromatic N) is 3. The molecule has 1 N–H and O–H groups in total. The van der Waals surface area contributed by atoms with Gasteiger partial charge in [-0.2, -0.15) is 0 Å². The average Bonchev–Trinajstić information content (AvgIpc) is 2.38. The van der Waals surface area contributed by atoms with Gasteiger partial charge in [0.25, 0.3) is 0 Å². The summed E-state index contributed by atoms with van der Waals surface area (Å²) >= 11 is 0. The molecular formula is C12H17N3O3. The van der Waals surface area contributed by atoms with E-state index < -0.39 is 5.97 Å². The van der Waals surface area contributed by atoms with Crippen LogP contribution in [0.5, 0.6) is 0 Å². The van der Waals surface area contributed by atoms with Gasteiger partial charge in [0.05, 0.1) is 24.0 Å². The van der Waals surface area contributed by atoms with E-state index in [1.165, 1.54) is 6.20 Å². The number of ether oxygens (including phenoxy) is 1. The van der Waals surface area contributed by atoms with Crippen molar-refractivity contribution in [1.29, 1.82) is 0 Å². The van der Waals surface area contributed by atoms with Gasteiger partial charge in [0, 0.05) is 19.3 Å². The highest BCUT2D eigenvalue weighted by atomic mass is 16.5. The lowest BCUT2D eigenvalue weighted by Gasteiger charge is -2.32. The molecule has 1 aliphatic heterocycles. The average molecular weight is 251 g/mol. The summed E-state index contributed by atoms with van der Waals surface area (Å²) in [4.78, 5) is 21.3. The van der Waals surface area contributed by atoms with Crippen molar-refractivity contribution >= 4 is 11.9 Å². The maximum absolute atomic E-state index is 10.9. The van der Waals surface area contributed by atoms with Crippen LogP contribution in [0.2, 0.25) is 0 Å². The zero-order chi connectivity index (χ0) is 13.1. The Bertz CT molecular complexity index is 450. The van der Waals surface area contributed by atoms with Crippen molar-refractivity contribution in [3.63, 3.8) is 0 Å². The molecule has 0 bridgehead atoms. The van der Waals surface area contributed by atoms with Gasteiger partial charge in [0.1, 0.15) is 0 Å². The number of rotatable bonds is 3. The lowest BCUT2D eigenvalue weighted by Crippen LogP contribution is -2.43. The van der Waals surface area contributed by atoms with E-state index in [0.29, 0.717) is 18.2 Å². The molecule has 98 valence electrons. The van der Waals surface area contributed by atoms with Crippen LogP contribution in [0.15, 0.2) is 6.20 Å². The first-order valence-electron chi connectivity index (χ1n) is 6.05. The molecular weight excluding hydrogens is 234 g/mol. The Morgan fingerprint density at radius 2 is 2.44 bits per heavy atom. The van der Waals surface area contributed by atoms with E-state index in [4.69, 9.17) is 9.84 Å². The first-order valence-corrected chi connectivity index (χ1v) is 6.05. The van der Waals surface area contributed by atoms with Gasteiger partial charge in [-0.15, -0.1) is 0 Å². The fraction of sp³-hybridized carbons (Fsp3) is 0.583. The van der Waals surface area contributed by atoms with Gasteiger partial charge in [0.15, 0.2) is 0 Å². The number of aryl methyl sites for hydroxylation is 1. The molecule has 0 amide bonds. The van der Waals surface area contributed by atoms with Gasteiger partial charge in [0.2, 0.25) is 5.95 Å². The number of morpholine rings is 1. The van der Waals surface area contributed by atoms with Crippen LogP contribution in [-0.2, 0) is 4.74 Å². The van der Waals surface area contributed by atoms with Gasteiger partial charge >= 0.3 is 5.97 Å². The van der Waals surface area contributed by atoms with Crippen molar-refractivity contribution in [2.45, 2.75) is 26.4 Å². The van der Waals surface area contributed by atoms with E-state index in [2.05, 4.69) is 16.9 Å². The fourth-order valence-electron chi connectivity index (χ4n) is 1.97. The molecule has 1 aliphatic rings. The van der Waals surface area contributed by atoms with Crippen LogP contribution in [0, 0.1) is 6.92 Å². The quantitative estimate of drug-likeness (QED) is 0.867. The monoisotopic (exact) mass is 251 g/mol. The molecule has 0 saturated carbocycles. The Kier molecular flexibility index (Phi) is 3.76. The highest BCUT2D eigenvalue weighted by Crippen LogP contribution is 2.16. The van der Waals surface area contributed by atoms with Crippen LogP contribution in [0.3, 0.4) is 0 Å². The topological polar surface area (TPSA) is 75.6 Å². The molecule has 2 heterocycles. The zero-order valence-electron chi connectivity index (χ0n) is 10.6. The Balaban J connectivity index is 2.18. The number of carbonyl (C=O) groups is 1. The van der Waals surface area contributed by atoms with E-state index in [0.717, 1.165) is 19.5 Å². The maximum atomic E-state index is 10.9. The Morgan fingerprint density at radius 3 is 3.06 bits per heavy atom. The summed E-state index contributed by atoms with van der Waals surface area (Å²) in [6.07, 6.45) is 2.51. The van der Waals surface area contributed by atoms with Crippen LogP contribution in [0.1, 0.15) is 29.4 Å². The smallest absolute Gasteiger partial charge is 0.339 e. The van der Waals surface area contributed by atoms with Crippen molar-refractivity contribution in [3.8, 4) is 0 Å². The third-order valence-corrected chi connectivity index (χ3v) is 3.07. The number of aromatic nitrogens is 2. The number of carboxylic acids is 1. The highest BCUT2D eigenvalue weighted by molar-refractivity contribution is 5.88. The summed E-state index contributed by atoms with van der Waals surface area (Å²) in [6.45, 7) is 5.91. The third kappa shape index (κ3) is 2.59. The Morgan fingerprint density at radius 1 is 1.67 bits per heavy atom. The molecule has 0 aromatic carbocycles. The second-order valence-corrected chi connectivity index (χ2v) is 4.32. The molecule has 1 fully saturated rings. The number of hydrogen-bond acceptors (Lipinski definition) is 5. The first kappa shape index (κ1) is 12.8. The van der Waals surface area contributed by atoms with E-state index in [9.17, 15) is 4.79 Å². The highest BCUT2D eigenvalue weighted by Gasteiger charge is 2.22. The Hall–Kier alpha value is -1.69. The van der Waals surface area contributed by atoms with Gasteiger partial charge in [-0.05, 0) is 13.3 Å². The number of anilines is 1. The minimum Gasteiger partial charge on any atom is -0.478 e. The minimum atomic E-state index is -0.993.